The molecule has 2 unspecified atom stereocenters. The molecule has 292 valence electrons. The van der Waals surface area contributed by atoms with Crippen LogP contribution in [0.2, 0.25) is 0 Å². The van der Waals surface area contributed by atoms with Crippen LogP contribution in [-0.4, -0.2) is 90.8 Å². The summed E-state index contributed by atoms with van der Waals surface area (Å²) in [5.41, 5.74) is 6.95. The van der Waals surface area contributed by atoms with E-state index >= 15 is 0 Å². The molecule has 4 atom stereocenters. The average Bonchev–Trinajstić information content (AvgIpc) is 3.13. The van der Waals surface area contributed by atoms with Gasteiger partial charge in [-0.25, -0.2) is 0 Å². The highest BCUT2D eigenvalue weighted by Crippen LogP contribution is 2.17. The lowest BCUT2D eigenvalue weighted by atomic mass is 9.96. The highest BCUT2D eigenvalue weighted by Gasteiger charge is 2.27. The molecule has 0 aliphatic heterocycles. The van der Waals surface area contributed by atoms with Gasteiger partial charge < -0.3 is 26.2 Å². The van der Waals surface area contributed by atoms with E-state index in [1.807, 2.05) is 26.0 Å². The van der Waals surface area contributed by atoms with E-state index in [0.29, 0.717) is 30.4 Å². The molecule has 0 aliphatic carbocycles. The van der Waals surface area contributed by atoms with Crippen LogP contribution in [0.25, 0.3) is 0 Å². The number of Topliss-reactive ketones (excluding diaryl/α,β-unsaturated/α-hetero) is 4. The minimum absolute atomic E-state index is 0. The molecular weight excluding hydrogens is 702 g/mol. The van der Waals surface area contributed by atoms with Gasteiger partial charge in [-0.1, -0.05) is 94.3 Å². The number of nitrogens with one attached hydrogen (secondary N) is 2. The first-order chi connectivity index (χ1) is 24.5. The minimum atomic E-state index is -0.841. The molecule has 0 bridgehead atoms. The number of likely N-dealkylation sites (N-methyl/N-ethyl adjacent to an activating group) is 2. The number of carbonyl (C=O) groups is 8. The molecule has 4 N–H and O–H groups in total. The van der Waals surface area contributed by atoms with Crippen LogP contribution in [0, 0.1) is 5.92 Å². The summed E-state index contributed by atoms with van der Waals surface area (Å²) in [4.78, 5) is 99.6. The Morgan fingerprint density at radius 2 is 0.943 bits per heavy atom. The quantitative estimate of drug-likeness (QED) is 0.169. The Hall–Kier alpha value is -4.75. The molecule has 2 aromatic carbocycles. The maximum Gasteiger partial charge on any atom is 0.249 e. The van der Waals surface area contributed by atoms with Gasteiger partial charge in [-0.05, 0) is 24.0 Å². The zero-order valence-corrected chi connectivity index (χ0v) is 32.7. The summed E-state index contributed by atoms with van der Waals surface area (Å²) in [7, 11) is 6.42. The second kappa shape index (κ2) is 25.3. The maximum atomic E-state index is 12.4. The zero-order chi connectivity index (χ0) is 39.4. The van der Waals surface area contributed by atoms with Crippen molar-refractivity contribution in [1.29, 1.82) is 0 Å². The van der Waals surface area contributed by atoms with Crippen molar-refractivity contribution < 1.29 is 38.4 Å². The molecule has 0 fully saturated rings. The van der Waals surface area contributed by atoms with Gasteiger partial charge in [-0.15, -0.1) is 12.4 Å². The fourth-order valence-electron chi connectivity index (χ4n) is 5.04. The van der Waals surface area contributed by atoms with Gasteiger partial charge in [0.2, 0.25) is 41.0 Å². The first kappa shape index (κ1) is 48.2. The number of carbonyl (C=O) groups excluding carboxylic acids is 8. The summed E-state index contributed by atoms with van der Waals surface area (Å²) in [5.74, 6) is -4.03. The highest BCUT2D eigenvalue weighted by atomic mass is 35.5. The van der Waals surface area contributed by atoms with Crippen molar-refractivity contribution in [2.24, 2.45) is 11.7 Å². The number of halogens is 1. The summed E-state index contributed by atoms with van der Waals surface area (Å²) in [5, 5.41) is 5.31. The van der Waals surface area contributed by atoms with Crippen molar-refractivity contribution in [2.75, 3.05) is 28.2 Å². The number of nitrogens with zero attached hydrogens (tertiary/aromatic N) is 2. The minimum Gasteiger partial charge on any atom is -0.347 e. The maximum absolute atomic E-state index is 12.4. The van der Waals surface area contributed by atoms with Crippen LogP contribution < -0.4 is 16.4 Å². The summed E-state index contributed by atoms with van der Waals surface area (Å²) in [6, 6.07) is 15.3. The van der Waals surface area contributed by atoms with Crippen LogP contribution in [0.5, 0.6) is 0 Å². The van der Waals surface area contributed by atoms with Gasteiger partial charge in [-0.3, -0.25) is 38.4 Å². The third-order valence-electron chi connectivity index (χ3n) is 8.07. The summed E-state index contributed by atoms with van der Waals surface area (Å²) >= 11 is 0. The van der Waals surface area contributed by atoms with E-state index in [1.165, 1.54) is 9.80 Å². The van der Waals surface area contributed by atoms with E-state index in [4.69, 9.17) is 5.73 Å². The van der Waals surface area contributed by atoms with E-state index in [0.717, 1.165) is 6.42 Å². The zero-order valence-electron chi connectivity index (χ0n) is 31.9. The molecule has 13 nitrogen and oxygen atoms in total. The number of benzene rings is 2. The van der Waals surface area contributed by atoms with Crippen molar-refractivity contribution in [2.45, 2.75) is 90.3 Å². The third-order valence-corrected chi connectivity index (χ3v) is 8.07. The first-order valence-electron chi connectivity index (χ1n) is 17.6. The molecule has 2 aromatic rings. The van der Waals surface area contributed by atoms with Crippen LogP contribution in [0.3, 0.4) is 0 Å². The Kier molecular flexibility index (Phi) is 23.0. The van der Waals surface area contributed by atoms with Gasteiger partial charge in [0.15, 0.2) is 5.78 Å². The average molecular weight is 758 g/mol. The molecule has 2 rings (SSSR count). The normalized spacial score (nSPS) is 12.5. The fraction of sp³-hybridized carbons (Fsp3) is 0.487. The van der Waals surface area contributed by atoms with Gasteiger partial charge in [-0.2, -0.15) is 0 Å². The predicted molar refractivity (Wildman–Crippen MR) is 205 cm³/mol. The second-order valence-electron chi connectivity index (χ2n) is 12.9. The fourth-order valence-corrected chi connectivity index (χ4v) is 5.04. The summed E-state index contributed by atoms with van der Waals surface area (Å²) < 4.78 is 0. The molecule has 0 aliphatic rings. The smallest absolute Gasteiger partial charge is 0.249 e. The van der Waals surface area contributed by atoms with Crippen LogP contribution in [-0.2, 0) is 38.4 Å². The Labute approximate surface area is 319 Å². The Morgan fingerprint density at radius 3 is 1.28 bits per heavy atom. The molecule has 0 saturated heterocycles. The van der Waals surface area contributed by atoms with E-state index in [-0.39, 0.29) is 55.8 Å². The lowest BCUT2D eigenvalue weighted by Crippen LogP contribution is -2.40. The van der Waals surface area contributed by atoms with Gasteiger partial charge in [0, 0.05) is 59.8 Å². The van der Waals surface area contributed by atoms with Crippen LogP contribution >= 0.6 is 12.4 Å². The lowest BCUT2D eigenvalue weighted by molar-refractivity contribution is -0.139. The Bertz CT molecular complexity index is 1400. The molecule has 0 saturated carbocycles. The van der Waals surface area contributed by atoms with Crippen molar-refractivity contribution in [3.8, 4) is 0 Å². The van der Waals surface area contributed by atoms with Crippen molar-refractivity contribution in [3.63, 3.8) is 0 Å². The Morgan fingerprint density at radius 1 is 0.585 bits per heavy atom. The van der Waals surface area contributed by atoms with E-state index in [9.17, 15) is 38.4 Å². The standard InChI is InChI=1S/C20H28N2O4.C19H27N3O4.ClH/c1-5-9-14(2)19(25)16(23)12-13-17(24)21-18(20(26)22(3)4)15-10-7-6-8-11-15;1-4-8-14(20)18(25)15(23)11-12-16(24)21-17(19(26)22(2)3)13-9-6-5-7-10-13;/h6-8,10-11,14,18H,5,9,12-13H2,1-4H3,(H,21,24);5-7,9-10,14,17H,4,8,11-12,20H2,1-3H3,(H,21,24);1H/t14?,18-;14?,17-;/m00./s1. The molecule has 0 aromatic heterocycles. The number of hydrogen-bond donors (Lipinski definition) is 3. The van der Waals surface area contributed by atoms with Gasteiger partial charge in [0.05, 0.1) is 6.04 Å². The number of hydrogen-bond acceptors (Lipinski definition) is 9. The van der Waals surface area contributed by atoms with Crippen molar-refractivity contribution in [3.05, 3.63) is 71.8 Å². The van der Waals surface area contributed by atoms with E-state index in [2.05, 4.69) is 10.6 Å². The number of rotatable bonds is 20. The lowest BCUT2D eigenvalue weighted by Gasteiger charge is -2.22. The Balaban J connectivity index is 0.00000100. The van der Waals surface area contributed by atoms with Gasteiger partial charge in [0.25, 0.3) is 0 Å². The van der Waals surface area contributed by atoms with E-state index < -0.39 is 53.1 Å². The van der Waals surface area contributed by atoms with Crippen LogP contribution in [0.15, 0.2) is 60.7 Å². The van der Waals surface area contributed by atoms with Crippen LogP contribution in [0.4, 0.5) is 0 Å². The largest absolute Gasteiger partial charge is 0.347 e. The number of ketones is 4. The summed E-state index contributed by atoms with van der Waals surface area (Å²) in [6.07, 6.45) is 1.96. The first-order valence-corrected chi connectivity index (χ1v) is 17.6. The van der Waals surface area contributed by atoms with Gasteiger partial charge in [0.1, 0.15) is 12.1 Å². The monoisotopic (exact) mass is 757 g/mol. The van der Waals surface area contributed by atoms with Crippen molar-refractivity contribution in [1.82, 2.24) is 20.4 Å². The van der Waals surface area contributed by atoms with Gasteiger partial charge >= 0.3 is 0 Å². The summed E-state index contributed by atoms with van der Waals surface area (Å²) in [6.45, 7) is 5.55. The molecule has 0 spiro atoms. The molecule has 0 radical (unpaired) electrons. The topological polar surface area (TPSA) is 193 Å². The molecule has 53 heavy (non-hydrogen) atoms. The number of nitrogens with two attached hydrogens (primary N) is 1. The SMILES string of the molecule is CCCC(C)C(=O)C(=O)CCC(=O)N[C@H](C(=O)N(C)C)c1ccccc1.CCCC(N)C(=O)C(=O)CCC(=O)N[C@H](C(=O)N(C)C)c1ccccc1.Cl. The molecular formula is C39H56ClN5O8. The van der Waals surface area contributed by atoms with E-state index in [1.54, 1.807) is 83.6 Å². The van der Waals surface area contributed by atoms with Crippen LogP contribution in [0.1, 0.15) is 95.3 Å². The predicted octanol–water partition coefficient (Wildman–Crippen LogP) is 3.69. The number of amides is 4. The highest BCUT2D eigenvalue weighted by molar-refractivity contribution is 6.39. The second-order valence-corrected chi connectivity index (χ2v) is 12.9. The molecule has 4 amide bonds. The third kappa shape index (κ3) is 17.1. The van der Waals surface area contributed by atoms with Crippen molar-refractivity contribution >= 4 is 59.2 Å². The molecule has 0 heterocycles. The molecule has 14 heteroatoms.